The smallest absolute Gasteiger partial charge is 0.255 e. The van der Waals surface area contributed by atoms with Gasteiger partial charge in [0.25, 0.3) is 5.91 Å². The average molecular weight is 328 g/mol. The highest BCUT2D eigenvalue weighted by Crippen LogP contribution is 2.43. The summed E-state index contributed by atoms with van der Waals surface area (Å²) in [6, 6.07) is 1.94. The Morgan fingerprint density at radius 1 is 1.42 bits per heavy atom. The zero-order valence-electron chi connectivity index (χ0n) is 14.4. The molecular formula is C18H24N4O2. The van der Waals surface area contributed by atoms with Gasteiger partial charge >= 0.3 is 0 Å². The van der Waals surface area contributed by atoms with E-state index in [2.05, 4.69) is 10.1 Å². The van der Waals surface area contributed by atoms with E-state index in [-0.39, 0.29) is 11.3 Å². The Morgan fingerprint density at radius 2 is 2.25 bits per heavy atom. The highest BCUT2D eigenvalue weighted by molar-refractivity contribution is 5.98. The zero-order chi connectivity index (χ0) is 16.7. The Bertz CT molecular complexity index is 779. The molecule has 6 nitrogen and oxygen atoms in total. The van der Waals surface area contributed by atoms with Crippen molar-refractivity contribution in [3.05, 3.63) is 23.5 Å². The number of ether oxygens (including phenoxy) is 1. The summed E-state index contributed by atoms with van der Waals surface area (Å²) >= 11 is 0. The molecule has 0 unspecified atom stereocenters. The molecule has 0 N–H and O–H groups in total. The van der Waals surface area contributed by atoms with Crippen LogP contribution in [-0.2, 0) is 11.3 Å². The van der Waals surface area contributed by atoms with Gasteiger partial charge in [-0.15, -0.1) is 0 Å². The van der Waals surface area contributed by atoms with Crippen LogP contribution in [0, 0.1) is 12.3 Å². The number of pyridine rings is 1. The van der Waals surface area contributed by atoms with Gasteiger partial charge in [-0.1, -0.05) is 6.42 Å². The minimum Gasteiger partial charge on any atom is -0.379 e. The molecule has 2 aromatic rings. The van der Waals surface area contributed by atoms with E-state index in [9.17, 15) is 4.79 Å². The number of rotatable bonds is 2. The number of hydrogen-bond donors (Lipinski definition) is 0. The van der Waals surface area contributed by atoms with E-state index < -0.39 is 0 Å². The van der Waals surface area contributed by atoms with Gasteiger partial charge in [-0.05, 0) is 32.8 Å². The number of carbonyl (C=O) groups excluding carboxylic acids is 1. The Kier molecular flexibility index (Phi) is 3.79. The molecule has 0 aromatic carbocycles. The Hall–Kier alpha value is -1.95. The maximum absolute atomic E-state index is 13.1. The van der Waals surface area contributed by atoms with E-state index in [1.807, 2.05) is 29.5 Å². The van der Waals surface area contributed by atoms with Crippen molar-refractivity contribution in [2.24, 2.45) is 5.41 Å². The van der Waals surface area contributed by atoms with Gasteiger partial charge in [-0.2, -0.15) is 5.10 Å². The second-order valence-electron chi connectivity index (χ2n) is 7.13. The lowest BCUT2D eigenvalue weighted by molar-refractivity contribution is 0.0104. The zero-order valence-corrected chi connectivity index (χ0v) is 14.4. The fourth-order valence-corrected chi connectivity index (χ4v) is 3.86. The Morgan fingerprint density at radius 3 is 2.96 bits per heavy atom. The third kappa shape index (κ3) is 2.49. The predicted octanol–water partition coefficient (Wildman–Crippen LogP) is 2.40. The van der Waals surface area contributed by atoms with Gasteiger partial charge in [-0.25, -0.2) is 9.67 Å². The minimum absolute atomic E-state index is 0.0722. The van der Waals surface area contributed by atoms with Crippen molar-refractivity contribution in [1.82, 2.24) is 19.7 Å². The maximum atomic E-state index is 13.1. The lowest BCUT2D eigenvalue weighted by Crippen LogP contribution is -2.45. The number of carbonyl (C=O) groups is 1. The topological polar surface area (TPSA) is 60.2 Å². The van der Waals surface area contributed by atoms with Crippen LogP contribution in [0.2, 0.25) is 0 Å². The predicted molar refractivity (Wildman–Crippen MR) is 90.9 cm³/mol. The van der Waals surface area contributed by atoms with Crippen LogP contribution < -0.4 is 0 Å². The molecule has 1 aliphatic carbocycles. The fourth-order valence-electron chi connectivity index (χ4n) is 3.86. The van der Waals surface area contributed by atoms with Crippen molar-refractivity contribution in [2.75, 3.05) is 26.3 Å². The molecule has 1 spiro atoms. The van der Waals surface area contributed by atoms with Crippen LogP contribution in [0.25, 0.3) is 11.0 Å². The van der Waals surface area contributed by atoms with Crippen LogP contribution >= 0.6 is 0 Å². The molecule has 6 heteroatoms. The van der Waals surface area contributed by atoms with Gasteiger partial charge in [0.05, 0.1) is 30.7 Å². The number of fused-ring (bicyclic) bond motifs is 1. The Labute approximate surface area is 141 Å². The first-order valence-corrected chi connectivity index (χ1v) is 8.82. The SMILES string of the molecule is CCn1ncc2cc(C(=O)N3CCOCC4(CCC4)C3)c(C)nc21. The molecule has 2 aliphatic rings. The molecule has 4 rings (SSSR count). The molecule has 2 aromatic heterocycles. The summed E-state index contributed by atoms with van der Waals surface area (Å²) in [4.78, 5) is 19.7. The van der Waals surface area contributed by atoms with Crippen molar-refractivity contribution in [3.8, 4) is 0 Å². The number of nitrogens with zero attached hydrogens (tertiary/aromatic N) is 4. The first-order valence-electron chi connectivity index (χ1n) is 8.82. The fraction of sp³-hybridized carbons (Fsp3) is 0.611. The molecule has 2 fully saturated rings. The second-order valence-corrected chi connectivity index (χ2v) is 7.13. The third-order valence-corrected chi connectivity index (χ3v) is 5.47. The number of amides is 1. The highest BCUT2D eigenvalue weighted by Gasteiger charge is 2.41. The van der Waals surface area contributed by atoms with E-state index in [0.717, 1.165) is 49.3 Å². The van der Waals surface area contributed by atoms with Gasteiger partial charge in [0.15, 0.2) is 5.65 Å². The van der Waals surface area contributed by atoms with E-state index in [1.54, 1.807) is 6.20 Å². The molecule has 3 heterocycles. The molecule has 24 heavy (non-hydrogen) atoms. The van der Waals surface area contributed by atoms with Crippen molar-refractivity contribution in [2.45, 2.75) is 39.7 Å². The minimum atomic E-state index is 0.0722. The molecule has 0 atom stereocenters. The summed E-state index contributed by atoms with van der Waals surface area (Å²) in [7, 11) is 0. The monoisotopic (exact) mass is 328 g/mol. The molecular weight excluding hydrogens is 304 g/mol. The van der Waals surface area contributed by atoms with E-state index >= 15 is 0 Å². The normalized spacial score (nSPS) is 20.2. The summed E-state index contributed by atoms with van der Waals surface area (Å²) in [6.45, 7) is 7.59. The quantitative estimate of drug-likeness (QED) is 0.849. The number of aromatic nitrogens is 3. The van der Waals surface area contributed by atoms with Crippen molar-refractivity contribution in [3.63, 3.8) is 0 Å². The molecule has 0 bridgehead atoms. The van der Waals surface area contributed by atoms with Crippen LogP contribution in [0.15, 0.2) is 12.3 Å². The van der Waals surface area contributed by atoms with Crippen LogP contribution in [-0.4, -0.2) is 51.9 Å². The molecule has 1 saturated heterocycles. The summed E-state index contributed by atoms with van der Waals surface area (Å²) in [5.74, 6) is 0.0722. The summed E-state index contributed by atoms with van der Waals surface area (Å²) in [5.41, 5.74) is 2.50. The molecule has 0 radical (unpaired) electrons. The van der Waals surface area contributed by atoms with Gasteiger partial charge in [0.1, 0.15) is 0 Å². The van der Waals surface area contributed by atoms with E-state index in [0.29, 0.717) is 18.7 Å². The second kappa shape index (κ2) is 5.84. The van der Waals surface area contributed by atoms with Crippen LogP contribution in [0.3, 0.4) is 0 Å². The number of aryl methyl sites for hydroxylation is 2. The largest absolute Gasteiger partial charge is 0.379 e. The molecule has 1 aliphatic heterocycles. The highest BCUT2D eigenvalue weighted by atomic mass is 16.5. The van der Waals surface area contributed by atoms with E-state index in [1.165, 1.54) is 6.42 Å². The van der Waals surface area contributed by atoms with Crippen LogP contribution in [0.4, 0.5) is 0 Å². The van der Waals surface area contributed by atoms with Crippen LogP contribution in [0.1, 0.15) is 42.2 Å². The maximum Gasteiger partial charge on any atom is 0.255 e. The molecule has 1 amide bonds. The summed E-state index contributed by atoms with van der Waals surface area (Å²) < 4.78 is 7.62. The van der Waals surface area contributed by atoms with E-state index in [4.69, 9.17) is 4.74 Å². The first kappa shape index (κ1) is 15.6. The number of hydrogen-bond acceptors (Lipinski definition) is 4. The van der Waals surface area contributed by atoms with Gasteiger partial charge in [0.2, 0.25) is 0 Å². The molecule has 128 valence electrons. The van der Waals surface area contributed by atoms with Gasteiger partial charge < -0.3 is 9.64 Å². The summed E-state index contributed by atoms with van der Waals surface area (Å²) in [6.07, 6.45) is 5.36. The van der Waals surface area contributed by atoms with Crippen molar-refractivity contribution < 1.29 is 9.53 Å². The van der Waals surface area contributed by atoms with Gasteiger partial charge in [0, 0.05) is 30.4 Å². The standard InChI is InChI=1S/C18H24N4O2/c1-3-22-16-14(10-19-22)9-15(13(2)20-16)17(23)21-7-8-24-12-18(11-21)5-4-6-18/h9-10H,3-8,11-12H2,1-2H3. The lowest BCUT2D eigenvalue weighted by atomic mass is 9.69. The lowest BCUT2D eigenvalue weighted by Gasteiger charge is -2.42. The Balaban J connectivity index is 1.65. The summed E-state index contributed by atoms with van der Waals surface area (Å²) in [5, 5.41) is 5.26. The third-order valence-electron chi connectivity index (χ3n) is 5.47. The first-order chi connectivity index (χ1) is 11.6. The van der Waals surface area contributed by atoms with Crippen LogP contribution in [0.5, 0.6) is 0 Å². The molecule has 1 saturated carbocycles. The van der Waals surface area contributed by atoms with Crippen molar-refractivity contribution in [1.29, 1.82) is 0 Å². The van der Waals surface area contributed by atoms with Gasteiger partial charge in [-0.3, -0.25) is 4.79 Å². The van der Waals surface area contributed by atoms with Crippen molar-refractivity contribution >= 4 is 16.9 Å². The average Bonchev–Trinajstić information content (AvgIpc) is 2.79.